The number of alkyl halides is 7. The van der Waals surface area contributed by atoms with E-state index < -0.39 is 66.4 Å². The molecule has 0 N–H and O–H groups in total. The van der Waals surface area contributed by atoms with Gasteiger partial charge in [-0.2, -0.15) is 26.3 Å². The van der Waals surface area contributed by atoms with Gasteiger partial charge in [-0.05, 0) is 18.6 Å². The van der Waals surface area contributed by atoms with Crippen LogP contribution in [0, 0.1) is 0 Å². The van der Waals surface area contributed by atoms with Gasteiger partial charge < -0.3 is 4.90 Å². The number of anilines is 1. The first-order valence-electron chi connectivity index (χ1n) is 9.96. The highest BCUT2D eigenvalue weighted by Gasteiger charge is 2.44. The van der Waals surface area contributed by atoms with E-state index in [9.17, 15) is 40.3 Å². The van der Waals surface area contributed by atoms with Crippen LogP contribution in [0.4, 0.5) is 41.5 Å². The van der Waals surface area contributed by atoms with E-state index in [-0.39, 0.29) is 18.7 Å². The SMILES string of the molecule is CC[C@H](F)[C@H]1CN(c2ncc(C(F)(F)F)cn2)C(=O)N1CC(=O)Cc1cc(C(F)(F)F)ccn1. The number of rotatable bonds is 7. The molecule has 3 heterocycles. The number of urea groups is 1. The minimum Gasteiger partial charge on any atom is -0.309 e. The Bertz CT molecular complexity index is 1040. The maximum absolute atomic E-state index is 14.6. The standard InChI is InChI=1S/C20H18F7N5O2/c1-2-15(21)16-10-32(17-29-7-12(8-30-17)20(25,26)27)18(34)31(16)9-14(33)6-13-5-11(3-4-28-13)19(22,23)24/h3-5,7-8,15-16H,2,6,9-10H2,1H3/t15-,16+/m0/s1. The summed E-state index contributed by atoms with van der Waals surface area (Å²) < 4.78 is 91.4. The molecule has 1 fully saturated rings. The van der Waals surface area contributed by atoms with Crippen LogP contribution in [-0.4, -0.2) is 57.0 Å². The van der Waals surface area contributed by atoms with E-state index in [1.165, 1.54) is 6.92 Å². The molecule has 3 rings (SSSR count). The van der Waals surface area contributed by atoms with E-state index in [2.05, 4.69) is 15.0 Å². The second-order valence-electron chi connectivity index (χ2n) is 7.53. The molecule has 0 aliphatic carbocycles. The van der Waals surface area contributed by atoms with Crippen LogP contribution in [0.25, 0.3) is 0 Å². The number of carbonyl (C=O) groups is 2. The third-order valence-electron chi connectivity index (χ3n) is 5.13. The summed E-state index contributed by atoms with van der Waals surface area (Å²) in [5.41, 5.74) is -2.32. The van der Waals surface area contributed by atoms with Crippen LogP contribution in [0.1, 0.15) is 30.2 Å². The van der Waals surface area contributed by atoms with Crippen molar-refractivity contribution in [3.8, 4) is 0 Å². The molecule has 2 atom stereocenters. The molecule has 1 aliphatic rings. The summed E-state index contributed by atoms with van der Waals surface area (Å²) in [5.74, 6) is -1.11. The predicted molar refractivity (Wildman–Crippen MR) is 103 cm³/mol. The molecule has 0 spiro atoms. The lowest BCUT2D eigenvalue weighted by Gasteiger charge is -2.24. The molecule has 34 heavy (non-hydrogen) atoms. The first-order valence-corrected chi connectivity index (χ1v) is 9.96. The average molecular weight is 493 g/mol. The molecule has 14 heteroatoms. The Hall–Kier alpha value is -3.32. The summed E-state index contributed by atoms with van der Waals surface area (Å²) in [4.78, 5) is 37.9. The van der Waals surface area contributed by atoms with Crippen LogP contribution in [-0.2, 0) is 23.6 Å². The van der Waals surface area contributed by atoms with Crippen molar-refractivity contribution < 1.29 is 40.3 Å². The molecule has 2 amide bonds. The van der Waals surface area contributed by atoms with Crippen molar-refractivity contribution in [3.05, 3.63) is 47.5 Å². The molecule has 2 aromatic heterocycles. The van der Waals surface area contributed by atoms with Crippen LogP contribution in [0.2, 0.25) is 0 Å². The van der Waals surface area contributed by atoms with Gasteiger partial charge in [0.05, 0.1) is 36.7 Å². The zero-order valence-corrected chi connectivity index (χ0v) is 17.6. The Morgan fingerprint density at radius 3 is 2.26 bits per heavy atom. The lowest BCUT2D eigenvalue weighted by atomic mass is 10.1. The number of halogens is 7. The van der Waals surface area contributed by atoms with E-state index in [0.29, 0.717) is 18.5 Å². The molecule has 184 valence electrons. The highest BCUT2D eigenvalue weighted by atomic mass is 19.4. The van der Waals surface area contributed by atoms with Crippen molar-refractivity contribution >= 4 is 17.8 Å². The summed E-state index contributed by atoms with van der Waals surface area (Å²) in [7, 11) is 0. The number of hydrogen-bond donors (Lipinski definition) is 0. The molecule has 0 unspecified atom stereocenters. The number of pyridine rings is 1. The second-order valence-corrected chi connectivity index (χ2v) is 7.53. The number of carbonyl (C=O) groups excluding carboxylic acids is 2. The number of Topliss-reactive ketones (excluding diaryl/α,β-unsaturated/α-hetero) is 1. The van der Waals surface area contributed by atoms with Crippen molar-refractivity contribution in [1.29, 1.82) is 0 Å². The third kappa shape index (κ3) is 5.59. The molecule has 7 nitrogen and oxygen atoms in total. The minimum absolute atomic E-state index is 0.0282. The van der Waals surface area contributed by atoms with Crippen LogP contribution in [0.5, 0.6) is 0 Å². The molecule has 0 bridgehead atoms. The highest BCUT2D eigenvalue weighted by Crippen LogP contribution is 2.31. The Morgan fingerprint density at radius 1 is 1.09 bits per heavy atom. The Balaban J connectivity index is 1.78. The van der Waals surface area contributed by atoms with Gasteiger partial charge >= 0.3 is 18.4 Å². The topological polar surface area (TPSA) is 79.3 Å². The third-order valence-corrected chi connectivity index (χ3v) is 5.13. The molecule has 0 radical (unpaired) electrons. The quantitative estimate of drug-likeness (QED) is 0.544. The molecule has 0 saturated carbocycles. The van der Waals surface area contributed by atoms with Crippen LogP contribution >= 0.6 is 0 Å². The summed E-state index contributed by atoms with van der Waals surface area (Å²) >= 11 is 0. The van der Waals surface area contributed by atoms with E-state index in [0.717, 1.165) is 22.1 Å². The molecular weight excluding hydrogens is 475 g/mol. The smallest absolute Gasteiger partial charge is 0.309 e. The average Bonchev–Trinajstić information content (AvgIpc) is 3.08. The fraction of sp³-hybridized carbons (Fsp3) is 0.450. The van der Waals surface area contributed by atoms with Crippen molar-refractivity contribution in [1.82, 2.24) is 19.9 Å². The fourth-order valence-electron chi connectivity index (χ4n) is 3.40. The van der Waals surface area contributed by atoms with Gasteiger partial charge in [-0.15, -0.1) is 0 Å². The van der Waals surface area contributed by atoms with Crippen LogP contribution in [0.15, 0.2) is 30.7 Å². The fourth-order valence-corrected chi connectivity index (χ4v) is 3.40. The van der Waals surface area contributed by atoms with Gasteiger partial charge in [0.25, 0.3) is 0 Å². The van der Waals surface area contributed by atoms with Gasteiger partial charge in [-0.25, -0.2) is 19.2 Å². The molecule has 2 aromatic rings. The number of aromatic nitrogens is 3. The molecule has 1 aliphatic heterocycles. The van der Waals surface area contributed by atoms with E-state index in [1.807, 2.05) is 0 Å². The number of ketones is 1. The summed E-state index contributed by atoms with van der Waals surface area (Å²) in [6.45, 7) is 0.534. The summed E-state index contributed by atoms with van der Waals surface area (Å²) in [6, 6.07) is -0.605. The predicted octanol–water partition coefficient (Wildman–Crippen LogP) is 4.08. The number of nitrogens with zero attached hydrogens (tertiary/aromatic N) is 5. The number of hydrogen-bond acceptors (Lipinski definition) is 5. The largest absolute Gasteiger partial charge is 0.419 e. The second kappa shape index (κ2) is 9.50. The lowest BCUT2D eigenvalue weighted by molar-refractivity contribution is -0.138. The van der Waals surface area contributed by atoms with Gasteiger partial charge in [0.1, 0.15) is 6.17 Å². The van der Waals surface area contributed by atoms with Crippen LogP contribution in [0.3, 0.4) is 0 Å². The van der Waals surface area contributed by atoms with Gasteiger partial charge in [0.2, 0.25) is 5.95 Å². The maximum Gasteiger partial charge on any atom is 0.419 e. The summed E-state index contributed by atoms with van der Waals surface area (Å²) in [6.07, 6.45) is -9.63. The Labute approximate surface area is 188 Å². The van der Waals surface area contributed by atoms with Crippen LogP contribution < -0.4 is 4.90 Å². The van der Waals surface area contributed by atoms with Crippen molar-refractivity contribution in [2.24, 2.45) is 0 Å². The normalized spacial score (nSPS) is 17.9. The zero-order chi connectivity index (χ0) is 25.3. The lowest BCUT2D eigenvalue weighted by Crippen LogP contribution is -2.43. The first-order chi connectivity index (χ1) is 15.8. The van der Waals surface area contributed by atoms with Crippen molar-refractivity contribution in [2.75, 3.05) is 18.0 Å². The Kier molecular flexibility index (Phi) is 7.07. The first kappa shape index (κ1) is 25.3. The molecule has 1 saturated heterocycles. The van der Waals surface area contributed by atoms with E-state index in [4.69, 9.17) is 0 Å². The Morgan fingerprint density at radius 2 is 1.71 bits per heavy atom. The number of amides is 2. The van der Waals surface area contributed by atoms with Gasteiger partial charge in [0, 0.05) is 24.3 Å². The van der Waals surface area contributed by atoms with E-state index >= 15 is 0 Å². The zero-order valence-electron chi connectivity index (χ0n) is 17.6. The monoisotopic (exact) mass is 493 g/mol. The maximum atomic E-state index is 14.6. The van der Waals surface area contributed by atoms with E-state index in [1.54, 1.807) is 0 Å². The van der Waals surface area contributed by atoms with Gasteiger partial charge in [-0.1, -0.05) is 6.92 Å². The highest BCUT2D eigenvalue weighted by molar-refractivity contribution is 5.96. The van der Waals surface area contributed by atoms with Crippen molar-refractivity contribution in [3.63, 3.8) is 0 Å². The minimum atomic E-state index is -4.70. The van der Waals surface area contributed by atoms with Gasteiger partial charge in [-0.3, -0.25) is 14.7 Å². The summed E-state index contributed by atoms with van der Waals surface area (Å²) in [5, 5.41) is 0. The van der Waals surface area contributed by atoms with Gasteiger partial charge in [0.15, 0.2) is 5.78 Å². The molecule has 0 aromatic carbocycles. The van der Waals surface area contributed by atoms with Crippen molar-refractivity contribution in [2.45, 2.75) is 44.3 Å². The molecular formula is C20H18F7N5O2.